The van der Waals surface area contributed by atoms with Crippen molar-refractivity contribution in [3.8, 4) is 23.8 Å². The number of hydrogen-bond acceptors (Lipinski definition) is 3. The average Bonchev–Trinajstić information content (AvgIpc) is 2.54. The lowest BCUT2D eigenvalue weighted by Crippen LogP contribution is -1.98. The fourth-order valence-corrected chi connectivity index (χ4v) is 2.34. The van der Waals surface area contributed by atoms with Gasteiger partial charge in [0.05, 0.1) is 17.8 Å². The Balaban J connectivity index is 2.33. The Labute approximate surface area is 141 Å². The van der Waals surface area contributed by atoms with Crippen LogP contribution in [0.25, 0.3) is 0 Å². The highest BCUT2D eigenvalue weighted by Crippen LogP contribution is 2.36. The zero-order chi connectivity index (χ0) is 16.8. The number of rotatable bonds is 5. The Bertz CT molecular complexity index is 776. The third-order valence-electron chi connectivity index (χ3n) is 3.27. The molecule has 0 radical (unpaired) electrons. The van der Waals surface area contributed by atoms with Crippen LogP contribution in [0.15, 0.2) is 35.3 Å². The number of hydrogen-bond donors (Lipinski definition) is 0. The molecule has 0 fully saturated rings. The van der Waals surface area contributed by atoms with Crippen molar-refractivity contribution in [1.82, 2.24) is 0 Å². The van der Waals surface area contributed by atoms with Crippen LogP contribution in [0.1, 0.15) is 16.7 Å². The first kappa shape index (κ1) is 16.9. The first-order valence-electron chi connectivity index (χ1n) is 7.10. The summed E-state index contributed by atoms with van der Waals surface area (Å²) in [5.74, 6) is 3.37. The molecule has 0 heterocycles. The number of aliphatic imine (C=N–C) groups is 1. The van der Waals surface area contributed by atoms with E-state index < -0.39 is 0 Å². The molecule has 0 spiro atoms. The Morgan fingerprint density at radius 1 is 1.26 bits per heavy atom. The lowest BCUT2D eigenvalue weighted by atomic mass is 10.1. The molecule has 0 bridgehead atoms. The molecule has 2 aromatic carbocycles. The van der Waals surface area contributed by atoms with Gasteiger partial charge in [-0.3, -0.25) is 4.99 Å². The van der Waals surface area contributed by atoms with E-state index in [9.17, 15) is 0 Å². The summed E-state index contributed by atoms with van der Waals surface area (Å²) in [6, 6.07) is 9.73. The van der Waals surface area contributed by atoms with Crippen LogP contribution in [-0.4, -0.2) is 19.9 Å². The van der Waals surface area contributed by atoms with Crippen molar-refractivity contribution in [2.75, 3.05) is 13.7 Å². The number of terminal acetylenes is 1. The van der Waals surface area contributed by atoms with Crippen molar-refractivity contribution in [2.45, 2.75) is 13.8 Å². The number of ether oxygens (including phenoxy) is 2. The van der Waals surface area contributed by atoms with E-state index in [1.807, 2.05) is 32.0 Å². The van der Waals surface area contributed by atoms with Gasteiger partial charge in [0.1, 0.15) is 6.61 Å². The summed E-state index contributed by atoms with van der Waals surface area (Å²) in [5, 5.41) is 0.432. The standard InChI is InChI=1S/C19H18ClNO2/c1-5-8-23-19-16(20)10-15(11-18(19)22-4)12-21-17-9-13(2)6-7-14(17)3/h1,6-7,9-12H,8H2,2-4H3. The maximum Gasteiger partial charge on any atom is 0.181 e. The minimum absolute atomic E-state index is 0.131. The topological polar surface area (TPSA) is 30.8 Å². The molecule has 3 nitrogen and oxygen atoms in total. The van der Waals surface area contributed by atoms with Crippen LogP contribution < -0.4 is 9.47 Å². The van der Waals surface area contributed by atoms with Gasteiger partial charge in [0.15, 0.2) is 11.5 Å². The molecule has 0 saturated carbocycles. The second-order valence-electron chi connectivity index (χ2n) is 5.08. The zero-order valence-electron chi connectivity index (χ0n) is 13.4. The first-order chi connectivity index (χ1) is 11.0. The summed E-state index contributed by atoms with van der Waals surface area (Å²) in [6.07, 6.45) is 6.96. The molecule has 0 aliphatic carbocycles. The number of nitrogens with zero attached hydrogens (tertiary/aromatic N) is 1. The molecular weight excluding hydrogens is 310 g/mol. The number of halogens is 1. The zero-order valence-corrected chi connectivity index (χ0v) is 14.1. The SMILES string of the molecule is C#CCOc1c(Cl)cc(C=Nc2cc(C)ccc2C)cc1OC. The fourth-order valence-electron chi connectivity index (χ4n) is 2.07. The summed E-state index contributed by atoms with van der Waals surface area (Å²) < 4.78 is 10.7. The lowest BCUT2D eigenvalue weighted by molar-refractivity contribution is 0.331. The molecule has 0 aliphatic rings. The molecule has 0 aliphatic heterocycles. The number of methoxy groups -OCH3 is 1. The highest BCUT2D eigenvalue weighted by molar-refractivity contribution is 6.32. The van der Waals surface area contributed by atoms with Gasteiger partial charge in [-0.25, -0.2) is 0 Å². The highest BCUT2D eigenvalue weighted by Gasteiger charge is 2.11. The number of benzene rings is 2. The smallest absolute Gasteiger partial charge is 0.181 e. The predicted molar refractivity (Wildman–Crippen MR) is 95.5 cm³/mol. The van der Waals surface area contributed by atoms with Gasteiger partial charge < -0.3 is 9.47 Å². The van der Waals surface area contributed by atoms with E-state index in [0.717, 1.165) is 22.4 Å². The maximum absolute atomic E-state index is 6.25. The van der Waals surface area contributed by atoms with Crippen LogP contribution in [-0.2, 0) is 0 Å². The molecular formula is C19H18ClNO2. The summed E-state index contributed by atoms with van der Waals surface area (Å²) in [7, 11) is 1.56. The second kappa shape index (κ2) is 7.71. The molecule has 0 N–H and O–H groups in total. The van der Waals surface area contributed by atoms with Gasteiger partial charge in [-0.05, 0) is 48.7 Å². The summed E-state index contributed by atoms with van der Waals surface area (Å²) in [6.45, 7) is 4.19. The minimum Gasteiger partial charge on any atom is -0.493 e. The van der Waals surface area contributed by atoms with Crippen molar-refractivity contribution in [1.29, 1.82) is 0 Å². The largest absolute Gasteiger partial charge is 0.493 e. The Morgan fingerprint density at radius 3 is 2.74 bits per heavy atom. The van der Waals surface area contributed by atoms with E-state index in [-0.39, 0.29) is 6.61 Å². The predicted octanol–water partition coefficient (Wildman–Crippen LogP) is 4.73. The normalized spacial score (nSPS) is 10.6. The quantitative estimate of drug-likeness (QED) is 0.587. The molecule has 0 saturated heterocycles. The monoisotopic (exact) mass is 327 g/mol. The van der Waals surface area contributed by atoms with Crippen molar-refractivity contribution in [3.63, 3.8) is 0 Å². The van der Waals surface area contributed by atoms with E-state index in [1.54, 1.807) is 19.4 Å². The molecule has 0 atom stereocenters. The molecule has 0 amide bonds. The van der Waals surface area contributed by atoms with Crippen LogP contribution in [0.4, 0.5) is 5.69 Å². The maximum atomic E-state index is 6.25. The van der Waals surface area contributed by atoms with Crippen molar-refractivity contribution in [2.24, 2.45) is 4.99 Å². The minimum atomic E-state index is 0.131. The Morgan fingerprint density at radius 2 is 2.04 bits per heavy atom. The summed E-state index contributed by atoms with van der Waals surface area (Å²) >= 11 is 6.25. The van der Waals surface area contributed by atoms with Gasteiger partial charge in [-0.15, -0.1) is 6.42 Å². The molecule has 0 unspecified atom stereocenters. The molecule has 0 aromatic heterocycles. The molecule has 4 heteroatoms. The van der Waals surface area contributed by atoms with E-state index in [4.69, 9.17) is 27.5 Å². The Kier molecular flexibility index (Phi) is 5.67. The Hall–Kier alpha value is -2.44. The molecule has 23 heavy (non-hydrogen) atoms. The van der Waals surface area contributed by atoms with E-state index in [2.05, 4.69) is 17.0 Å². The van der Waals surface area contributed by atoms with Gasteiger partial charge in [0.25, 0.3) is 0 Å². The summed E-state index contributed by atoms with van der Waals surface area (Å²) in [4.78, 5) is 4.53. The average molecular weight is 328 g/mol. The van der Waals surface area contributed by atoms with E-state index >= 15 is 0 Å². The van der Waals surface area contributed by atoms with Gasteiger partial charge in [0, 0.05) is 6.21 Å². The van der Waals surface area contributed by atoms with Crippen molar-refractivity contribution >= 4 is 23.5 Å². The third-order valence-corrected chi connectivity index (χ3v) is 3.55. The van der Waals surface area contributed by atoms with Crippen molar-refractivity contribution < 1.29 is 9.47 Å². The highest BCUT2D eigenvalue weighted by atomic mass is 35.5. The van der Waals surface area contributed by atoms with Gasteiger partial charge >= 0.3 is 0 Å². The van der Waals surface area contributed by atoms with Crippen LogP contribution in [0.5, 0.6) is 11.5 Å². The lowest BCUT2D eigenvalue weighted by Gasteiger charge is -2.11. The van der Waals surface area contributed by atoms with Crippen LogP contribution in [0.2, 0.25) is 5.02 Å². The van der Waals surface area contributed by atoms with Crippen molar-refractivity contribution in [3.05, 3.63) is 52.0 Å². The third kappa shape index (κ3) is 4.28. The summed E-state index contributed by atoms with van der Waals surface area (Å²) in [5.41, 5.74) is 4.02. The molecule has 2 aromatic rings. The van der Waals surface area contributed by atoms with Gasteiger partial charge in [0.2, 0.25) is 0 Å². The fraction of sp³-hybridized carbons (Fsp3) is 0.211. The van der Waals surface area contributed by atoms with E-state index in [0.29, 0.717) is 16.5 Å². The first-order valence-corrected chi connectivity index (χ1v) is 7.48. The van der Waals surface area contributed by atoms with Gasteiger partial charge in [-0.2, -0.15) is 0 Å². The molecule has 2 rings (SSSR count). The molecule has 118 valence electrons. The van der Waals surface area contributed by atoms with Crippen LogP contribution in [0.3, 0.4) is 0 Å². The van der Waals surface area contributed by atoms with E-state index in [1.165, 1.54) is 0 Å². The van der Waals surface area contributed by atoms with Gasteiger partial charge in [-0.1, -0.05) is 29.7 Å². The van der Waals surface area contributed by atoms with Crippen LogP contribution >= 0.6 is 11.6 Å². The second-order valence-corrected chi connectivity index (χ2v) is 5.48. The van der Waals surface area contributed by atoms with Crippen LogP contribution in [0, 0.1) is 26.2 Å². The number of aryl methyl sites for hydroxylation is 2.